The van der Waals surface area contributed by atoms with Crippen LogP contribution in [0.3, 0.4) is 0 Å². The molecule has 1 amide bonds. The summed E-state index contributed by atoms with van der Waals surface area (Å²) < 4.78 is 0. The molecule has 26 heavy (non-hydrogen) atoms. The predicted octanol–water partition coefficient (Wildman–Crippen LogP) is 3.80. The van der Waals surface area contributed by atoms with E-state index in [2.05, 4.69) is 36.2 Å². The lowest BCUT2D eigenvalue weighted by molar-refractivity contribution is -0.175. The Labute approximate surface area is 165 Å². The number of hydrogen-bond acceptors (Lipinski definition) is 5. The fraction of sp³-hybridized carbons (Fsp3) is 0.889. The van der Waals surface area contributed by atoms with Crippen LogP contribution in [0.25, 0.3) is 0 Å². The Bertz CT molecular complexity index is 329. The summed E-state index contributed by atoms with van der Waals surface area (Å²) in [4.78, 5) is 30.5. The van der Waals surface area contributed by atoms with E-state index in [1.807, 2.05) is 27.7 Å². The number of aliphatic carboxylic acids is 1. The van der Waals surface area contributed by atoms with Gasteiger partial charge in [-0.1, -0.05) is 41.5 Å². The number of carboxylic acid groups (broad SMARTS) is 1. The third-order valence-corrected chi connectivity index (χ3v) is 3.71. The quantitative estimate of drug-likeness (QED) is 0.497. The van der Waals surface area contributed by atoms with Gasteiger partial charge >= 0.3 is 5.97 Å². The predicted molar refractivity (Wildman–Crippen MR) is 108 cm³/mol. The van der Waals surface area contributed by atoms with Crippen molar-refractivity contribution in [3.8, 4) is 0 Å². The van der Waals surface area contributed by atoms with Crippen LogP contribution in [-0.2, 0) is 19.3 Å². The second-order valence-corrected chi connectivity index (χ2v) is 6.11. The minimum atomic E-state index is -0.674. The topological polar surface area (TPSA) is 102 Å². The molecule has 7 nitrogen and oxygen atoms in total. The van der Waals surface area contributed by atoms with E-state index in [1.165, 1.54) is 25.7 Å². The third-order valence-electron chi connectivity index (χ3n) is 3.71. The van der Waals surface area contributed by atoms with Crippen LogP contribution in [0.1, 0.15) is 54.4 Å². The summed E-state index contributed by atoms with van der Waals surface area (Å²) in [7, 11) is 4.55. The molecule has 0 saturated carbocycles. The largest absolute Gasteiger partial charge is 0.481 e. The first-order valence-electron chi connectivity index (χ1n) is 8.70. The van der Waals surface area contributed by atoms with Gasteiger partial charge in [-0.25, -0.2) is 11.0 Å². The van der Waals surface area contributed by atoms with E-state index in [0.29, 0.717) is 5.92 Å². The molecule has 0 rings (SSSR count). The van der Waals surface area contributed by atoms with Crippen LogP contribution in [0.15, 0.2) is 0 Å². The summed E-state index contributed by atoms with van der Waals surface area (Å²) in [5.74, 6) is 4.29. The van der Waals surface area contributed by atoms with Gasteiger partial charge < -0.3 is 9.94 Å². The lowest BCUT2D eigenvalue weighted by Gasteiger charge is -2.23. The molecule has 0 bridgehead atoms. The van der Waals surface area contributed by atoms with E-state index in [0.717, 1.165) is 12.8 Å². The molecular formula is C18H41ClN2O5. The van der Waals surface area contributed by atoms with Crippen molar-refractivity contribution in [2.24, 2.45) is 29.6 Å². The van der Waals surface area contributed by atoms with Gasteiger partial charge in [0.05, 0.1) is 20.1 Å². The van der Waals surface area contributed by atoms with Crippen LogP contribution in [0, 0.1) is 23.7 Å². The Balaban J connectivity index is -0.000000152. The minimum Gasteiger partial charge on any atom is -0.481 e. The average Bonchev–Trinajstić information content (AvgIpc) is 2.57. The van der Waals surface area contributed by atoms with E-state index < -0.39 is 5.97 Å². The van der Waals surface area contributed by atoms with Crippen LogP contribution < -0.4 is 5.90 Å². The molecule has 0 radical (unpaired) electrons. The SMILES string of the molecule is CC[C@H](C(=O)N(C)OC)C(C)C.CC[C@H](C(=O)O)C(C)C.CCl.CON. The van der Waals surface area contributed by atoms with E-state index >= 15 is 0 Å². The molecule has 0 aliphatic heterocycles. The highest BCUT2D eigenvalue weighted by Crippen LogP contribution is 2.17. The Hall–Kier alpha value is -0.890. The van der Waals surface area contributed by atoms with Crippen LogP contribution >= 0.6 is 11.6 Å². The van der Waals surface area contributed by atoms with Gasteiger partial charge in [0.2, 0.25) is 5.91 Å². The summed E-state index contributed by atoms with van der Waals surface area (Å²) in [6, 6.07) is 0. The van der Waals surface area contributed by atoms with Crippen molar-refractivity contribution in [3.05, 3.63) is 0 Å². The Kier molecular flexibility index (Phi) is 27.9. The van der Waals surface area contributed by atoms with Gasteiger partial charge in [0, 0.05) is 19.3 Å². The fourth-order valence-corrected chi connectivity index (χ4v) is 2.19. The second kappa shape index (κ2) is 22.2. The number of halogens is 1. The smallest absolute Gasteiger partial charge is 0.306 e. The molecule has 0 spiro atoms. The molecule has 0 aromatic carbocycles. The Morgan fingerprint density at radius 1 is 1.00 bits per heavy atom. The summed E-state index contributed by atoms with van der Waals surface area (Å²) >= 11 is 4.64. The highest BCUT2D eigenvalue weighted by molar-refractivity contribution is 6.15. The van der Waals surface area contributed by atoms with E-state index in [1.54, 1.807) is 7.05 Å². The number of carbonyl (C=O) groups excluding carboxylic acids is 1. The van der Waals surface area contributed by atoms with Gasteiger partial charge in [-0.2, -0.15) is 0 Å². The van der Waals surface area contributed by atoms with Crippen molar-refractivity contribution < 1.29 is 24.4 Å². The molecule has 2 atom stereocenters. The molecular weight excluding hydrogens is 360 g/mol. The summed E-state index contributed by atoms with van der Waals surface area (Å²) in [6.45, 7) is 11.9. The minimum absolute atomic E-state index is 0.0648. The first-order chi connectivity index (χ1) is 12.0. The zero-order chi connectivity index (χ0) is 21.9. The van der Waals surface area contributed by atoms with Crippen molar-refractivity contribution in [3.63, 3.8) is 0 Å². The van der Waals surface area contributed by atoms with Crippen molar-refractivity contribution in [2.45, 2.75) is 54.4 Å². The molecule has 160 valence electrons. The molecule has 0 aromatic heterocycles. The average molecular weight is 401 g/mol. The number of carboxylic acids is 1. The van der Waals surface area contributed by atoms with Gasteiger partial charge in [0.25, 0.3) is 0 Å². The summed E-state index contributed by atoms with van der Waals surface area (Å²) in [6.07, 6.45) is 3.07. The molecule has 0 saturated heterocycles. The zero-order valence-electron chi connectivity index (χ0n) is 18.2. The standard InChI is InChI=1S/C9H19NO2.C7H14O2.CH3Cl.CH5NO/c1-6-8(7(2)3)9(11)10(4)12-5;1-4-6(5(2)3)7(8)9;1-2;1-3-2/h7-8H,6H2,1-5H3;5-6H,4H2,1-3H3,(H,8,9);1H3;2H2,1H3/t8-;6-;;/m00../s1. The monoisotopic (exact) mass is 400 g/mol. The summed E-state index contributed by atoms with van der Waals surface area (Å²) in [5, 5.41) is 9.84. The molecule has 0 aliphatic rings. The molecule has 8 heteroatoms. The second-order valence-electron chi connectivity index (χ2n) is 6.11. The molecule has 3 N–H and O–H groups in total. The van der Waals surface area contributed by atoms with Gasteiger partial charge in [-0.3, -0.25) is 14.4 Å². The molecule has 0 unspecified atom stereocenters. The number of amides is 1. The van der Waals surface area contributed by atoms with Gasteiger partial charge in [0.1, 0.15) is 0 Å². The lowest BCUT2D eigenvalue weighted by atomic mass is 9.92. The molecule has 0 aromatic rings. The first kappa shape index (κ1) is 32.8. The summed E-state index contributed by atoms with van der Waals surface area (Å²) in [5.41, 5.74) is 0. The maximum atomic E-state index is 11.5. The maximum Gasteiger partial charge on any atom is 0.306 e. The number of nitrogens with two attached hydrogens (primary N) is 1. The fourth-order valence-electron chi connectivity index (χ4n) is 2.19. The highest BCUT2D eigenvalue weighted by atomic mass is 35.5. The van der Waals surface area contributed by atoms with Crippen LogP contribution in [-0.4, -0.2) is 49.7 Å². The number of hydroxylamine groups is 2. The number of rotatable bonds is 7. The first-order valence-corrected chi connectivity index (χ1v) is 9.46. The molecule has 0 heterocycles. The van der Waals surface area contributed by atoms with Crippen molar-refractivity contribution >= 4 is 23.5 Å². The van der Waals surface area contributed by atoms with Crippen LogP contribution in [0.5, 0.6) is 0 Å². The zero-order valence-corrected chi connectivity index (χ0v) is 19.0. The number of hydrogen-bond donors (Lipinski definition) is 2. The molecule has 0 fully saturated rings. The highest BCUT2D eigenvalue weighted by Gasteiger charge is 2.23. The number of carbonyl (C=O) groups is 2. The van der Waals surface area contributed by atoms with E-state index in [-0.39, 0.29) is 23.7 Å². The van der Waals surface area contributed by atoms with Gasteiger partial charge in [0.15, 0.2) is 0 Å². The van der Waals surface area contributed by atoms with Crippen molar-refractivity contribution in [2.75, 3.05) is 27.7 Å². The van der Waals surface area contributed by atoms with Crippen LogP contribution in [0.2, 0.25) is 0 Å². The third kappa shape index (κ3) is 17.9. The normalized spacial score (nSPS) is 11.8. The number of alkyl halides is 1. The van der Waals surface area contributed by atoms with Gasteiger partial charge in [-0.05, 0) is 24.7 Å². The van der Waals surface area contributed by atoms with E-state index in [9.17, 15) is 9.59 Å². The Morgan fingerprint density at radius 2 is 1.31 bits per heavy atom. The Morgan fingerprint density at radius 3 is 1.42 bits per heavy atom. The van der Waals surface area contributed by atoms with Crippen LogP contribution in [0.4, 0.5) is 0 Å². The molecule has 0 aliphatic carbocycles. The van der Waals surface area contributed by atoms with E-state index in [4.69, 9.17) is 9.94 Å². The van der Waals surface area contributed by atoms with Crippen molar-refractivity contribution in [1.82, 2.24) is 5.06 Å². The van der Waals surface area contributed by atoms with Crippen molar-refractivity contribution in [1.29, 1.82) is 0 Å². The number of nitrogens with zero attached hydrogens (tertiary/aromatic N) is 1. The van der Waals surface area contributed by atoms with Gasteiger partial charge in [-0.15, -0.1) is 11.6 Å². The maximum absolute atomic E-state index is 11.5. The lowest BCUT2D eigenvalue weighted by Crippen LogP contribution is -2.34.